The van der Waals surface area contributed by atoms with E-state index in [1.165, 1.54) is 46.9 Å². The maximum absolute atomic E-state index is 13.4. The summed E-state index contributed by atoms with van der Waals surface area (Å²) in [7, 11) is -3.99. The Morgan fingerprint density at radius 3 is 2.28 bits per heavy atom. The van der Waals surface area contributed by atoms with Crippen LogP contribution >= 0.6 is 11.8 Å². The number of thioether (sulfide) groups is 1. The first-order valence-corrected chi connectivity index (χ1v) is 12.6. The van der Waals surface area contributed by atoms with Crippen LogP contribution in [0.25, 0.3) is 0 Å². The predicted molar refractivity (Wildman–Crippen MR) is 127 cm³/mol. The summed E-state index contributed by atoms with van der Waals surface area (Å²) in [5, 5.41) is 2.78. The molecule has 0 heterocycles. The number of hydrogen-bond acceptors (Lipinski definition) is 4. The zero-order valence-electron chi connectivity index (χ0n) is 17.7. The van der Waals surface area contributed by atoms with Crippen LogP contribution in [0.15, 0.2) is 88.7 Å². The lowest BCUT2D eigenvalue weighted by molar-refractivity contribution is -0.119. The minimum absolute atomic E-state index is 0.0617. The van der Waals surface area contributed by atoms with Crippen molar-refractivity contribution in [3.05, 3.63) is 90.2 Å². The summed E-state index contributed by atoms with van der Waals surface area (Å²) in [6, 6.07) is 21.1. The summed E-state index contributed by atoms with van der Waals surface area (Å²) < 4.78 is 40.7. The van der Waals surface area contributed by atoms with E-state index >= 15 is 0 Å². The van der Waals surface area contributed by atoms with Gasteiger partial charge in [0, 0.05) is 11.4 Å². The Hall–Kier alpha value is -2.84. The molecule has 5 nitrogen and oxygen atoms in total. The fourth-order valence-electron chi connectivity index (χ4n) is 2.95. The first-order valence-electron chi connectivity index (χ1n) is 10.2. The van der Waals surface area contributed by atoms with Gasteiger partial charge in [-0.05, 0) is 67.6 Å². The number of aryl methyl sites for hydroxylation is 1. The van der Waals surface area contributed by atoms with Crippen molar-refractivity contribution in [1.82, 2.24) is 5.32 Å². The third kappa shape index (κ3) is 6.58. The number of benzene rings is 3. The third-order valence-corrected chi connectivity index (χ3v) is 7.55. The van der Waals surface area contributed by atoms with Crippen LogP contribution in [0, 0.1) is 12.7 Å². The molecule has 0 aliphatic heterocycles. The molecule has 0 spiro atoms. The summed E-state index contributed by atoms with van der Waals surface area (Å²) in [6.07, 6.45) is 0.742. The molecule has 0 unspecified atom stereocenters. The van der Waals surface area contributed by atoms with Crippen LogP contribution in [0.1, 0.15) is 12.0 Å². The molecular weight excluding hydrogens is 447 g/mol. The second-order valence-electron chi connectivity index (χ2n) is 7.17. The van der Waals surface area contributed by atoms with Crippen LogP contribution < -0.4 is 9.62 Å². The Kier molecular flexibility index (Phi) is 8.30. The number of rotatable bonds is 10. The number of halogens is 1. The molecule has 0 atom stereocenters. The smallest absolute Gasteiger partial charge is 0.264 e. The molecular formula is C24H25FN2O3S2. The average Bonchev–Trinajstić information content (AvgIpc) is 2.80. The summed E-state index contributed by atoms with van der Waals surface area (Å²) in [4.78, 5) is 13.8. The highest BCUT2D eigenvalue weighted by Gasteiger charge is 2.27. The number of nitrogens with one attached hydrogen (secondary N) is 1. The minimum atomic E-state index is -3.99. The van der Waals surface area contributed by atoms with Gasteiger partial charge in [0.25, 0.3) is 10.0 Å². The number of sulfonamides is 1. The molecule has 0 aliphatic carbocycles. The third-order valence-electron chi connectivity index (χ3n) is 4.67. The SMILES string of the molecule is Cc1ccc(SCCCNC(=O)CN(c2ccc(F)cc2)S(=O)(=O)c2ccccc2)cc1. The zero-order chi connectivity index (χ0) is 23.0. The summed E-state index contributed by atoms with van der Waals surface area (Å²) in [6.45, 7) is 2.07. The molecule has 1 N–H and O–H groups in total. The second-order valence-corrected chi connectivity index (χ2v) is 10.2. The van der Waals surface area contributed by atoms with Crippen LogP contribution in [0.2, 0.25) is 0 Å². The van der Waals surface area contributed by atoms with Crippen LogP contribution in [0.3, 0.4) is 0 Å². The molecule has 0 aliphatic rings. The van der Waals surface area contributed by atoms with Gasteiger partial charge in [0.2, 0.25) is 5.91 Å². The van der Waals surface area contributed by atoms with Gasteiger partial charge in [0.1, 0.15) is 12.4 Å². The highest BCUT2D eigenvalue weighted by molar-refractivity contribution is 7.99. The van der Waals surface area contributed by atoms with Gasteiger partial charge in [0.15, 0.2) is 0 Å². The largest absolute Gasteiger partial charge is 0.354 e. The fraction of sp³-hybridized carbons (Fsp3) is 0.208. The summed E-state index contributed by atoms with van der Waals surface area (Å²) >= 11 is 1.70. The minimum Gasteiger partial charge on any atom is -0.354 e. The van der Waals surface area contributed by atoms with Gasteiger partial charge in [-0.15, -0.1) is 11.8 Å². The van der Waals surface area contributed by atoms with Crippen LogP contribution in [-0.4, -0.2) is 33.2 Å². The van der Waals surface area contributed by atoms with Gasteiger partial charge in [-0.1, -0.05) is 35.9 Å². The van der Waals surface area contributed by atoms with Gasteiger partial charge in [0.05, 0.1) is 10.6 Å². The van der Waals surface area contributed by atoms with Crippen molar-refractivity contribution in [3.63, 3.8) is 0 Å². The van der Waals surface area contributed by atoms with Gasteiger partial charge in [-0.2, -0.15) is 0 Å². The fourth-order valence-corrected chi connectivity index (χ4v) is 5.25. The molecule has 3 aromatic rings. The Labute approximate surface area is 192 Å². The Balaban J connectivity index is 1.61. The average molecular weight is 473 g/mol. The summed E-state index contributed by atoms with van der Waals surface area (Å²) in [5.74, 6) is -0.0802. The van der Waals surface area contributed by atoms with Crippen molar-refractivity contribution in [1.29, 1.82) is 0 Å². The Bertz CT molecular complexity index is 1120. The zero-order valence-corrected chi connectivity index (χ0v) is 19.3. The van der Waals surface area contributed by atoms with Crippen LogP contribution in [0.5, 0.6) is 0 Å². The first-order chi connectivity index (χ1) is 15.4. The molecule has 3 rings (SSSR count). The van der Waals surface area contributed by atoms with Gasteiger partial charge < -0.3 is 5.32 Å². The van der Waals surface area contributed by atoms with E-state index in [1.807, 2.05) is 6.92 Å². The van der Waals surface area contributed by atoms with E-state index in [2.05, 4.69) is 29.6 Å². The van der Waals surface area contributed by atoms with Gasteiger partial charge in [-0.25, -0.2) is 12.8 Å². The standard InChI is InChI=1S/C24H25FN2O3S2/c1-19-8-14-22(15-9-19)31-17-5-16-26-24(28)18-27(21-12-10-20(25)11-13-21)32(29,30)23-6-3-2-4-7-23/h2-4,6-15H,5,16-18H2,1H3,(H,26,28). The number of carbonyl (C=O) groups is 1. The van der Waals surface area contributed by atoms with Crippen molar-refractivity contribution in [2.24, 2.45) is 0 Å². The molecule has 168 valence electrons. The topological polar surface area (TPSA) is 66.5 Å². The van der Waals surface area contributed by atoms with Crippen molar-refractivity contribution in [2.75, 3.05) is 23.1 Å². The summed E-state index contributed by atoms with van der Waals surface area (Å²) in [5.41, 5.74) is 1.43. The van der Waals surface area contributed by atoms with Gasteiger partial charge >= 0.3 is 0 Å². The maximum Gasteiger partial charge on any atom is 0.264 e. The lowest BCUT2D eigenvalue weighted by atomic mass is 10.2. The quantitative estimate of drug-likeness (QED) is 0.345. The van der Waals surface area contributed by atoms with Crippen molar-refractivity contribution in [3.8, 4) is 0 Å². The Morgan fingerprint density at radius 2 is 1.62 bits per heavy atom. The second kappa shape index (κ2) is 11.2. The molecule has 0 fully saturated rings. The van der Waals surface area contributed by atoms with E-state index in [0.29, 0.717) is 6.54 Å². The molecule has 3 aromatic carbocycles. The van der Waals surface area contributed by atoms with Crippen molar-refractivity contribution < 1.29 is 17.6 Å². The number of amides is 1. The number of hydrogen-bond donors (Lipinski definition) is 1. The molecule has 0 aromatic heterocycles. The monoisotopic (exact) mass is 472 g/mol. The highest BCUT2D eigenvalue weighted by atomic mass is 32.2. The number of anilines is 1. The molecule has 1 amide bonds. The first kappa shape index (κ1) is 23.8. The normalized spacial score (nSPS) is 11.2. The number of carbonyl (C=O) groups excluding carboxylic acids is 1. The van der Waals surface area contributed by atoms with Crippen LogP contribution in [-0.2, 0) is 14.8 Å². The van der Waals surface area contributed by atoms with E-state index in [1.54, 1.807) is 30.0 Å². The van der Waals surface area contributed by atoms with Crippen LogP contribution in [0.4, 0.5) is 10.1 Å². The van der Waals surface area contributed by atoms with Gasteiger partial charge in [-0.3, -0.25) is 9.10 Å². The van der Waals surface area contributed by atoms with Crippen molar-refractivity contribution >= 4 is 33.4 Å². The van der Waals surface area contributed by atoms with E-state index in [0.717, 1.165) is 16.5 Å². The molecule has 0 bridgehead atoms. The number of nitrogens with zero attached hydrogens (tertiary/aromatic N) is 1. The van der Waals surface area contributed by atoms with Crippen molar-refractivity contribution in [2.45, 2.75) is 23.1 Å². The lowest BCUT2D eigenvalue weighted by Crippen LogP contribution is -2.41. The molecule has 8 heteroatoms. The highest BCUT2D eigenvalue weighted by Crippen LogP contribution is 2.24. The van der Waals surface area contributed by atoms with E-state index in [9.17, 15) is 17.6 Å². The van der Waals surface area contributed by atoms with E-state index in [4.69, 9.17) is 0 Å². The Morgan fingerprint density at radius 1 is 0.969 bits per heavy atom. The van der Waals surface area contributed by atoms with E-state index < -0.39 is 28.3 Å². The maximum atomic E-state index is 13.4. The molecule has 0 saturated heterocycles. The predicted octanol–water partition coefficient (Wildman–Crippen LogP) is 4.63. The van der Waals surface area contributed by atoms with E-state index in [-0.39, 0.29) is 10.6 Å². The molecule has 0 radical (unpaired) electrons. The molecule has 0 saturated carbocycles. The lowest BCUT2D eigenvalue weighted by Gasteiger charge is -2.24. The molecule has 32 heavy (non-hydrogen) atoms.